The highest BCUT2D eigenvalue weighted by Crippen LogP contribution is 2.32. The molecule has 1 aromatic rings. The SMILES string of the molecule is COC(=O)C(C)(C)c1ccc2c(c1)OCCC2. The predicted octanol–water partition coefficient (Wildman–Crippen LogP) is 2.46. The Labute approximate surface area is 102 Å². The van der Waals surface area contributed by atoms with Gasteiger partial charge in [-0.05, 0) is 43.9 Å². The van der Waals surface area contributed by atoms with E-state index in [0.29, 0.717) is 0 Å². The molecule has 0 spiro atoms. The lowest BCUT2D eigenvalue weighted by atomic mass is 9.83. The Morgan fingerprint density at radius 1 is 1.41 bits per heavy atom. The monoisotopic (exact) mass is 234 g/mol. The Morgan fingerprint density at radius 3 is 2.88 bits per heavy atom. The Balaban J connectivity index is 2.36. The molecule has 1 aromatic carbocycles. The minimum absolute atomic E-state index is 0.228. The molecule has 0 unspecified atom stereocenters. The Hall–Kier alpha value is -1.51. The number of rotatable bonds is 2. The molecule has 1 aliphatic heterocycles. The van der Waals surface area contributed by atoms with Crippen molar-refractivity contribution in [3.8, 4) is 5.75 Å². The molecule has 17 heavy (non-hydrogen) atoms. The van der Waals surface area contributed by atoms with Crippen LogP contribution in [0.2, 0.25) is 0 Å². The van der Waals surface area contributed by atoms with Gasteiger partial charge in [-0.15, -0.1) is 0 Å². The van der Waals surface area contributed by atoms with Crippen LogP contribution < -0.4 is 4.74 Å². The first-order valence-electron chi connectivity index (χ1n) is 5.90. The van der Waals surface area contributed by atoms with Gasteiger partial charge in [0.25, 0.3) is 0 Å². The molecule has 0 bridgehead atoms. The minimum atomic E-state index is -0.634. The number of aryl methyl sites for hydroxylation is 1. The first kappa shape index (κ1) is 12.0. The summed E-state index contributed by atoms with van der Waals surface area (Å²) in [5, 5.41) is 0. The van der Waals surface area contributed by atoms with Gasteiger partial charge in [-0.1, -0.05) is 12.1 Å². The summed E-state index contributed by atoms with van der Waals surface area (Å²) < 4.78 is 10.5. The maximum Gasteiger partial charge on any atom is 0.315 e. The zero-order valence-electron chi connectivity index (χ0n) is 10.6. The summed E-state index contributed by atoms with van der Waals surface area (Å²) in [6.07, 6.45) is 2.11. The van der Waals surface area contributed by atoms with Crippen LogP contribution >= 0.6 is 0 Å². The highest BCUT2D eigenvalue weighted by atomic mass is 16.5. The fraction of sp³-hybridized carbons (Fsp3) is 0.500. The number of esters is 1. The van der Waals surface area contributed by atoms with Crippen LogP contribution in [0, 0.1) is 0 Å². The first-order chi connectivity index (χ1) is 8.05. The molecule has 0 amide bonds. The van der Waals surface area contributed by atoms with Gasteiger partial charge < -0.3 is 9.47 Å². The number of carbonyl (C=O) groups is 1. The molecule has 1 heterocycles. The molecule has 0 saturated carbocycles. The minimum Gasteiger partial charge on any atom is -0.493 e. The van der Waals surface area contributed by atoms with Crippen molar-refractivity contribution < 1.29 is 14.3 Å². The third kappa shape index (κ3) is 2.14. The van der Waals surface area contributed by atoms with Gasteiger partial charge >= 0.3 is 5.97 Å². The summed E-state index contributed by atoms with van der Waals surface area (Å²) in [7, 11) is 1.42. The third-order valence-electron chi connectivity index (χ3n) is 3.33. The lowest BCUT2D eigenvalue weighted by Gasteiger charge is -2.25. The smallest absolute Gasteiger partial charge is 0.315 e. The molecule has 0 aromatic heterocycles. The van der Waals surface area contributed by atoms with Crippen molar-refractivity contribution in [2.24, 2.45) is 0 Å². The van der Waals surface area contributed by atoms with Gasteiger partial charge in [-0.3, -0.25) is 4.79 Å². The topological polar surface area (TPSA) is 35.5 Å². The van der Waals surface area contributed by atoms with Crippen LogP contribution in [0.3, 0.4) is 0 Å². The first-order valence-corrected chi connectivity index (χ1v) is 5.90. The number of fused-ring (bicyclic) bond motifs is 1. The largest absolute Gasteiger partial charge is 0.493 e. The molecule has 0 radical (unpaired) electrons. The molecular weight excluding hydrogens is 216 g/mol. The molecule has 0 N–H and O–H groups in total. The molecular formula is C14H18O3. The van der Waals surface area contributed by atoms with Gasteiger partial charge in [0.2, 0.25) is 0 Å². The number of hydrogen-bond donors (Lipinski definition) is 0. The maximum absolute atomic E-state index is 11.7. The van der Waals surface area contributed by atoms with E-state index in [2.05, 4.69) is 6.07 Å². The zero-order valence-corrected chi connectivity index (χ0v) is 10.6. The second kappa shape index (κ2) is 4.40. The molecule has 2 rings (SSSR count). The highest BCUT2D eigenvalue weighted by molar-refractivity contribution is 5.82. The summed E-state index contributed by atoms with van der Waals surface area (Å²) in [6, 6.07) is 6.00. The average molecular weight is 234 g/mol. The van der Waals surface area contributed by atoms with Crippen LogP contribution in [0.1, 0.15) is 31.4 Å². The lowest BCUT2D eigenvalue weighted by Crippen LogP contribution is -2.30. The number of carbonyl (C=O) groups excluding carboxylic acids is 1. The van der Waals surface area contributed by atoms with E-state index < -0.39 is 5.41 Å². The van der Waals surface area contributed by atoms with E-state index in [1.807, 2.05) is 26.0 Å². The van der Waals surface area contributed by atoms with E-state index in [0.717, 1.165) is 30.8 Å². The second-order valence-electron chi connectivity index (χ2n) is 4.89. The van der Waals surface area contributed by atoms with Gasteiger partial charge in [-0.25, -0.2) is 0 Å². The normalized spacial score (nSPS) is 14.8. The molecule has 0 atom stereocenters. The molecule has 1 aliphatic rings. The van der Waals surface area contributed by atoms with Crippen LogP contribution in [0.5, 0.6) is 5.75 Å². The number of benzene rings is 1. The quantitative estimate of drug-likeness (QED) is 0.737. The Morgan fingerprint density at radius 2 is 2.18 bits per heavy atom. The van der Waals surface area contributed by atoms with Crippen LogP contribution in [-0.4, -0.2) is 19.7 Å². The van der Waals surface area contributed by atoms with Gasteiger partial charge in [0.05, 0.1) is 19.1 Å². The van der Waals surface area contributed by atoms with Crippen molar-refractivity contribution in [3.05, 3.63) is 29.3 Å². The second-order valence-corrected chi connectivity index (χ2v) is 4.89. The fourth-order valence-electron chi connectivity index (χ4n) is 2.10. The molecule has 0 aliphatic carbocycles. The number of hydrogen-bond acceptors (Lipinski definition) is 3. The van der Waals surface area contributed by atoms with Crippen molar-refractivity contribution >= 4 is 5.97 Å². The van der Waals surface area contributed by atoms with E-state index in [4.69, 9.17) is 9.47 Å². The highest BCUT2D eigenvalue weighted by Gasteiger charge is 2.31. The van der Waals surface area contributed by atoms with Crippen molar-refractivity contribution in [1.82, 2.24) is 0 Å². The van der Waals surface area contributed by atoms with E-state index in [1.54, 1.807) is 0 Å². The third-order valence-corrected chi connectivity index (χ3v) is 3.33. The zero-order chi connectivity index (χ0) is 12.5. The fourth-order valence-corrected chi connectivity index (χ4v) is 2.10. The lowest BCUT2D eigenvalue weighted by molar-refractivity contribution is -0.146. The standard InChI is InChI=1S/C14H18O3/c1-14(2,13(15)16-3)11-7-6-10-5-4-8-17-12(10)9-11/h6-7,9H,4-5,8H2,1-3H3. The van der Waals surface area contributed by atoms with Crippen LogP contribution in [0.4, 0.5) is 0 Å². The Kier molecular flexibility index (Phi) is 3.09. The summed E-state index contributed by atoms with van der Waals surface area (Å²) in [5.74, 6) is 0.680. The van der Waals surface area contributed by atoms with Crippen LogP contribution in [0.15, 0.2) is 18.2 Å². The maximum atomic E-state index is 11.7. The van der Waals surface area contributed by atoms with Crippen molar-refractivity contribution in [2.45, 2.75) is 32.1 Å². The number of methoxy groups -OCH3 is 1. The van der Waals surface area contributed by atoms with Gasteiger partial charge in [0.1, 0.15) is 5.75 Å². The van der Waals surface area contributed by atoms with E-state index in [1.165, 1.54) is 12.7 Å². The van der Waals surface area contributed by atoms with Gasteiger partial charge in [0.15, 0.2) is 0 Å². The summed E-state index contributed by atoms with van der Waals surface area (Å²) >= 11 is 0. The summed E-state index contributed by atoms with van der Waals surface area (Å²) in [5.41, 5.74) is 1.52. The summed E-state index contributed by atoms with van der Waals surface area (Å²) in [4.78, 5) is 11.7. The van der Waals surface area contributed by atoms with Crippen LogP contribution in [-0.2, 0) is 21.4 Å². The van der Waals surface area contributed by atoms with Crippen molar-refractivity contribution in [3.63, 3.8) is 0 Å². The molecule has 0 fully saturated rings. The van der Waals surface area contributed by atoms with Gasteiger partial charge in [-0.2, -0.15) is 0 Å². The summed E-state index contributed by atoms with van der Waals surface area (Å²) in [6.45, 7) is 4.49. The van der Waals surface area contributed by atoms with E-state index in [9.17, 15) is 4.79 Å². The van der Waals surface area contributed by atoms with Gasteiger partial charge in [0, 0.05) is 0 Å². The molecule has 3 heteroatoms. The Bertz CT molecular complexity index is 435. The average Bonchev–Trinajstić information content (AvgIpc) is 2.37. The molecule has 3 nitrogen and oxygen atoms in total. The number of ether oxygens (including phenoxy) is 2. The van der Waals surface area contributed by atoms with E-state index >= 15 is 0 Å². The molecule has 92 valence electrons. The van der Waals surface area contributed by atoms with Crippen molar-refractivity contribution in [2.75, 3.05) is 13.7 Å². The predicted molar refractivity (Wildman–Crippen MR) is 65.3 cm³/mol. The van der Waals surface area contributed by atoms with E-state index in [-0.39, 0.29) is 5.97 Å². The van der Waals surface area contributed by atoms with Crippen LogP contribution in [0.25, 0.3) is 0 Å². The molecule has 0 saturated heterocycles. The van der Waals surface area contributed by atoms with Crippen molar-refractivity contribution in [1.29, 1.82) is 0 Å².